The summed E-state index contributed by atoms with van der Waals surface area (Å²) < 4.78 is 79.2. The average Bonchev–Trinajstić information content (AvgIpc) is 2.40. The van der Waals surface area contributed by atoms with Crippen LogP contribution >= 0.6 is 0 Å². The molecule has 108 valence electrons. The van der Waals surface area contributed by atoms with Crippen LogP contribution in [0.2, 0.25) is 0 Å². The first-order chi connectivity index (χ1) is 9.20. The van der Waals surface area contributed by atoms with Crippen molar-refractivity contribution in [3.05, 3.63) is 58.6 Å². The Bertz CT molecular complexity index is 639. The number of rotatable bonds is 1. The molecule has 1 aliphatic carbocycles. The molecule has 2 N–H and O–H groups in total. The van der Waals surface area contributed by atoms with Crippen LogP contribution in [0.5, 0.6) is 0 Å². The third-order valence-electron chi connectivity index (χ3n) is 2.87. The molecule has 0 heterocycles. The molecular weight excluding hydrogens is 290 g/mol. The van der Waals surface area contributed by atoms with Gasteiger partial charge in [0.1, 0.15) is 0 Å². The Balaban J connectivity index is 2.67. The molecule has 20 heavy (non-hydrogen) atoms. The highest BCUT2D eigenvalue weighted by atomic mass is 19.2. The summed E-state index contributed by atoms with van der Waals surface area (Å²) in [6.45, 7) is 0. The fraction of sp³-hybridized carbons (Fsp3) is 0.167. The van der Waals surface area contributed by atoms with Crippen molar-refractivity contribution >= 4 is 0 Å². The van der Waals surface area contributed by atoms with E-state index in [1.165, 1.54) is 0 Å². The first-order valence-electron chi connectivity index (χ1n) is 5.18. The van der Waals surface area contributed by atoms with E-state index in [1.807, 2.05) is 0 Å². The van der Waals surface area contributed by atoms with Crippen molar-refractivity contribution in [2.75, 3.05) is 0 Å². The summed E-state index contributed by atoms with van der Waals surface area (Å²) in [6.07, 6.45) is -3.05. The Morgan fingerprint density at radius 2 is 1.60 bits per heavy atom. The van der Waals surface area contributed by atoms with Crippen LogP contribution in [0.4, 0.5) is 26.3 Å². The van der Waals surface area contributed by atoms with Gasteiger partial charge in [-0.25, -0.2) is 22.0 Å². The van der Waals surface area contributed by atoms with Crippen LogP contribution in [0.1, 0.15) is 5.56 Å². The SMILES string of the molecule is OC1=C(F)C(F)=CC(O)(c2ccc(F)c(F)c2F)C1F. The molecule has 0 saturated carbocycles. The second-order valence-electron chi connectivity index (χ2n) is 4.10. The molecule has 2 nitrogen and oxygen atoms in total. The number of hydrogen-bond donors (Lipinski definition) is 2. The molecule has 0 fully saturated rings. The van der Waals surface area contributed by atoms with Crippen LogP contribution in [-0.2, 0) is 5.60 Å². The average molecular weight is 296 g/mol. The van der Waals surface area contributed by atoms with E-state index in [0.717, 1.165) is 0 Å². The minimum Gasteiger partial charge on any atom is -0.506 e. The van der Waals surface area contributed by atoms with Crippen LogP contribution in [0.3, 0.4) is 0 Å². The number of aliphatic hydroxyl groups is 2. The Labute approximate surface area is 108 Å². The topological polar surface area (TPSA) is 40.5 Å². The Morgan fingerprint density at radius 3 is 2.20 bits per heavy atom. The van der Waals surface area contributed by atoms with Gasteiger partial charge in [0.15, 0.2) is 46.6 Å². The Hall–Kier alpha value is -1.96. The minimum atomic E-state index is -3.21. The summed E-state index contributed by atoms with van der Waals surface area (Å²) in [6, 6.07) is 0.830. The van der Waals surface area contributed by atoms with Crippen molar-refractivity contribution < 1.29 is 36.6 Å². The lowest BCUT2D eigenvalue weighted by Gasteiger charge is -2.31. The minimum absolute atomic E-state index is 0.0670. The number of benzene rings is 1. The van der Waals surface area contributed by atoms with Crippen molar-refractivity contribution in [3.8, 4) is 0 Å². The molecule has 2 atom stereocenters. The second-order valence-corrected chi connectivity index (χ2v) is 4.10. The van der Waals surface area contributed by atoms with Crippen molar-refractivity contribution in [1.29, 1.82) is 0 Å². The first-order valence-corrected chi connectivity index (χ1v) is 5.18. The molecule has 1 aromatic rings. The van der Waals surface area contributed by atoms with E-state index >= 15 is 0 Å². The number of aliphatic hydroxyl groups excluding tert-OH is 1. The number of allylic oxidation sites excluding steroid dienone is 2. The van der Waals surface area contributed by atoms with Crippen molar-refractivity contribution in [3.63, 3.8) is 0 Å². The Kier molecular flexibility index (Phi) is 3.29. The predicted octanol–water partition coefficient (Wildman–Crippen LogP) is 3.24. The maximum Gasteiger partial charge on any atom is 0.199 e. The molecule has 0 aromatic heterocycles. The first kappa shape index (κ1) is 14.4. The largest absolute Gasteiger partial charge is 0.506 e. The van der Waals surface area contributed by atoms with Gasteiger partial charge in [-0.2, -0.15) is 4.39 Å². The lowest BCUT2D eigenvalue weighted by Crippen LogP contribution is -2.40. The summed E-state index contributed by atoms with van der Waals surface area (Å²) in [5.74, 6) is -11.2. The van der Waals surface area contributed by atoms with Crippen LogP contribution in [0.25, 0.3) is 0 Å². The monoisotopic (exact) mass is 296 g/mol. The molecule has 0 spiro atoms. The van der Waals surface area contributed by atoms with Crippen LogP contribution in [0, 0.1) is 17.5 Å². The van der Waals surface area contributed by atoms with Gasteiger partial charge in [0.25, 0.3) is 0 Å². The van der Waals surface area contributed by atoms with Crippen LogP contribution < -0.4 is 0 Å². The van der Waals surface area contributed by atoms with Crippen LogP contribution in [-0.4, -0.2) is 16.4 Å². The predicted molar refractivity (Wildman–Crippen MR) is 55.1 cm³/mol. The van der Waals surface area contributed by atoms with Gasteiger partial charge in [0.2, 0.25) is 0 Å². The molecule has 0 bridgehead atoms. The highest BCUT2D eigenvalue weighted by Gasteiger charge is 2.48. The summed E-state index contributed by atoms with van der Waals surface area (Å²) >= 11 is 0. The number of alkyl halides is 1. The standard InChI is InChI=1S/C12H6F6O2/c13-5-2-1-4(7(15)8(5)16)12(20)3-6(14)9(17)10(19)11(12)18/h1-3,11,19-20H. The van der Waals surface area contributed by atoms with Gasteiger partial charge < -0.3 is 10.2 Å². The molecule has 0 radical (unpaired) electrons. The van der Waals surface area contributed by atoms with Gasteiger partial charge in [-0.1, -0.05) is 0 Å². The number of hydrogen-bond acceptors (Lipinski definition) is 2. The van der Waals surface area contributed by atoms with Crippen molar-refractivity contribution in [2.24, 2.45) is 0 Å². The zero-order valence-corrected chi connectivity index (χ0v) is 9.47. The van der Waals surface area contributed by atoms with Gasteiger partial charge in [0.05, 0.1) is 0 Å². The highest BCUT2D eigenvalue weighted by Crippen LogP contribution is 2.42. The summed E-state index contributed by atoms with van der Waals surface area (Å²) in [7, 11) is 0. The van der Waals surface area contributed by atoms with Gasteiger partial charge in [-0.3, -0.25) is 0 Å². The molecule has 1 aliphatic rings. The van der Waals surface area contributed by atoms with Crippen molar-refractivity contribution in [2.45, 2.75) is 11.8 Å². The molecule has 0 aliphatic heterocycles. The molecule has 1 aromatic carbocycles. The molecule has 0 saturated heterocycles. The van der Waals surface area contributed by atoms with E-state index in [0.29, 0.717) is 12.1 Å². The zero-order chi connectivity index (χ0) is 15.2. The smallest absolute Gasteiger partial charge is 0.199 e. The van der Waals surface area contributed by atoms with E-state index in [1.54, 1.807) is 0 Å². The normalized spacial score (nSPS) is 26.8. The second kappa shape index (κ2) is 4.55. The number of halogens is 6. The van der Waals surface area contributed by atoms with Gasteiger partial charge in [-0.05, 0) is 18.2 Å². The van der Waals surface area contributed by atoms with Gasteiger partial charge in [-0.15, -0.1) is 0 Å². The van der Waals surface area contributed by atoms with Gasteiger partial charge >= 0.3 is 0 Å². The van der Waals surface area contributed by atoms with Gasteiger partial charge in [0, 0.05) is 5.56 Å². The quantitative estimate of drug-likeness (QED) is 0.617. The summed E-state index contributed by atoms with van der Waals surface area (Å²) in [5.41, 5.74) is -4.39. The molecule has 8 heteroatoms. The lowest BCUT2D eigenvalue weighted by atomic mass is 9.84. The molecule has 0 amide bonds. The molecular formula is C12H6F6O2. The van der Waals surface area contributed by atoms with E-state index in [9.17, 15) is 31.4 Å². The fourth-order valence-electron chi connectivity index (χ4n) is 1.82. The summed E-state index contributed by atoms with van der Waals surface area (Å²) in [4.78, 5) is 0. The van der Waals surface area contributed by atoms with Crippen molar-refractivity contribution in [1.82, 2.24) is 0 Å². The van der Waals surface area contributed by atoms with E-state index < -0.39 is 52.2 Å². The van der Waals surface area contributed by atoms with E-state index in [-0.39, 0.29) is 6.08 Å². The third-order valence-corrected chi connectivity index (χ3v) is 2.87. The molecule has 2 unspecified atom stereocenters. The Morgan fingerprint density at radius 1 is 1.00 bits per heavy atom. The third kappa shape index (κ3) is 1.87. The van der Waals surface area contributed by atoms with E-state index in [2.05, 4.69) is 0 Å². The fourth-order valence-corrected chi connectivity index (χ4v) is 1.82. The summed E-state index contributed by atoms with van der Waals surface area (Å²) in [5, 5.41) is 18.9. The molecule has 2 rings (SSSR count). The highest BCUT2D eigenvalue weighted by molar-refractivity contribution is 5.42. The lowest BCUT2D eigenvalue weighted by molar-refractivity contribution is -0.00907. The maximum atomic E-state index is 13.8. The maximum absolute atomic E-state index is 13.8. The van der Waals surface area contributed by atoms with E-state index in [4.69, 9.17) is 5.11 Å². The zero-order valence-electron chi connectivity index (χ0n) is 9.47. The van der Waals surface area contributed by atoms with Crippen LogP contribution in [0.15, 0.2) is 35.6 Å².